The van der Waals surface area contributed by atoms with E-state index in [1.807, 2.05) is 0 Å². The van der Waals surface area contributed by atoms with Crippen molar-refractivity contribution in [2.45, 2.75) is 37.0 Å². The van der Waals surface area contributed by atoms with Crippen molar-refractivity contribution >= 4 is 43.2 Å². The van der Waals surface area contributed by atoms with Gasteiger partial charge in [0, 0.05) is 11.6 Å². The highest BCUT2D eigenvalue weighted by atomic mass is 79.9. The molecule has 0 saturated heterocycles. The molecule has 7 nitrogen and oxygen atoms in total. The fourth-order valence-corrected chi connectivity index (χ4v) is 5.30. The molecule has 2 N–H and O–H groups in total. The molecule has 0 aliphatic heterocycles. The Labute approximate surface area is 185 Å². The average molecular weight is 497 g/mol. The second-order valence-electron chi connectivity index (χ2n) is 7.14. The zero-order chi connectivity index (χ0) is 21.7. The number of hydrogen-bond acceptors (Lipinski definition) is 5. The van der Waals surface area contributed by atoms with Crippen molar-refractivity contribution in [3.63, 3.8) is 0 Å². The van der Waals surface area contributed by atoms with Crippen LogP contribution in [0.5, 0.6) is 11.5 Å². The fraction of sp³-hybridized carbons (Fsp3) is 0.381. The average Bonchev–Trinajstić information content (AvgIpc) is 2.74. The number of rotatable bonds is 7. The third-order valence-electron chi connectivity index (χ3n) is 5.10. The van der Waals surface area contributed by atoms with Crippen LogP contribution in [0.15, 0.2) is 45.8 Å². The molecule has 0 unspecified atom stereocenters. The number of methoxy groups -OCH3 is 2. The number of anilines is 2. The van der Waals surface area contributed by atoms with Crippen LogP contribution >= 0.6 is 15.9 Å². The Bertz CT molecular complexity index is 1020. The number of carbonyl (C=O) groups excluding carboxylic acids is 1. The van der Waals surface area contributed by atoms with Gasteiger partial charge in [-0.3, -0.25) is 9.52 Å². The monoisotopic (exact) mass is 496 g/mol. The van der Waals surface area contributed by atoms with Gasteiger partial charge >= 0.3 is 0 Å². The van der Waals surface area contributed by atoms with Crippen molar-refractivity contribution in [2.75, 3.05) is 24.3 Å². The molecule has 9 heteroatoms. The summed E-state index contributed by atoms with van der Waals surface area (Å²) < 4.78 is 39.6. The van der Waals surface area contributed by atoms with Crippen LogP contribution in [0.3, 0.4) is 0 Å². The Morgan fingerprint density at radius 3 is 2.23 bits per heavy atom. The van der Waals surface area contributed by atoms with Crippen LogP contribution in [-0.2, 0) is 14.8 Å². The minimum atomic E-state index is -3.96. The molecule has 0 atom stereocenters. The first-order valence-corrected chi connectivity index (χ1v) is 12.0. The van der Waals surface area contributed by atoms with E-state index in [0.717, 1.165) is 32.1 Å². The predicted octanol–water partition coefficient (Wildman–Crippen LogP) is 4.79. The number of sulfonamides is 1. The van der Waals surface area contributed by atoms with E-state index in [9.17, 15) is 13.2 Å². The highest BCUT2D eigenvalue weighted by Crippen LogP contribution is 2.32. The normalized spacial score (nSPS) is 14.8. The summed E-state index contributed by atoms with van der Waals surface area (Å²) in [7, 11) is -1.03. The second-order valence-corrected chi connectivity index (χ2v) is 9.65. The maximum Gasteiger partial charge on any atom is 0.265 e. The van der Waals surface area contributed by atoms with Gasteiger partial charge in [-0.25, -0.2) is 8.42 Å². The van der Waals surface area contributed by atoms with E-state index in [0.29, 0.717) is 21.6 Å². The predicted molar refractivity (Wildman–Crippen MR) is 120 cm³/mol. The van der Waals surface area contributed by atoms with E-state index >= 15 is 0 Å². The molecule has 0 radical (unpaired) electrons. The number of hydrogen-bond donors (Lipinski definition) is 2. The zero-order valence-electron chi connectivity index (χ0n) is 16.9. The summed E-state index contributed by atoms with van der Waals surface area (Å²) in [5.74, 6) is 0.666. The number of nitrogens with one attached hydrogen (secondary N) is 2. The Morgan fingerprint density at radius 2 is 1.60 bits per heavy atom. The first-order valence-electron chi connectivity index (χ1n) is 9.69. The molecule has 1 amide bonds. The summed E-state index contributed by atoms with van der Waals surface area (Å²) in [6.07, 6.45) is 4.97. The van der Waals surface area contributed by atoms with Crippen molar-refractivity contribution in [2.24, 2.45) is 5.92 Å². The standard InChI is InChI=1S/C21H25BrN2O5S/c1-28-18-10-9-16(12-17(18)22)24-30(26,27)20-13-15(8-11-19(20)29-2)23-21(25)14-6-4-3-5-7-14/h8-14,24H,3-7H2,1-2H3,(H,23,25). The summed E-state index contributed by atoms with van der Waals surface area (Å²) in [6, 6.07) is 9.46. The molecule has 0 aromatic heterocycles. The molecule has 2 aromatic rings. The van der Waals surface area contributed by atoms with Crippen molar-refractivity contribution in [3.8, 4) is 11.5 Å². The summed E-state index contributed by atoms with van der Waals surface area (Å²) >= 11 is 3.34. The van der Waals surface area contributed by atoms with E-state index in [-0.39, 0.29) is 22.5 Å². The van der Waals surface area contributed by atoms with Gasteiger partial charge in [-0.05, 0) is 65.2 Å². The lowest BCUT2D eigenvalue weighted by Gasteiger charge is -2.21. The van der Waals surface area contributed by atoms with Crippen LogP contribution in [0, 0.1) is 5.92 Å². The van der Waals surface area contributed by atoms with Crippen LogP contribution in [0.4, 0.5) is 11.4 Å². The van der Waals surface area contributed by atoms with Crippen LogP contribution in [-0.4, -0.2) is 28.5 Å². The molecular formula is C21H25BrN2O5S. The zero-order valence-corrected chi connectivity index (χ0v) is 19.3. The number of ether oxygens (including phenoxy) is 2. The maximum atomic E-state index is 13.0. The minimum absolute atomic E-state index is 0.0318. The van der Waals surface area contributed by atoms with Gasteiger partial charge in [0.05, 0.1) is 24.4 Å². The van der Waals surface area contributed by atoms with E-state index < -0.39 is 10.0 Å². The lowest BCUT2D eigenvalue weighted by molar-refractivity contribution is -0.120. The smallest absolute Gasteiger partial charge is 0.265 e. The van der Waals surface area contributed by atoms with Crippen molar-refractivity contribution < 1.29 is 22.7 Å². The topological polar surface area (TPSA) is 93.7 Å². The van der Waals surface area contributed by atoms with Crippen LogP contribution in [0.2, 0.25) is 0 Å². The Kier molecular flexibility index (Phi) is 7.25. The molecule has 1 fully saturated rings. The van der Waals surface area contributed by atoms with E-state index in [1.165, 1.54) is 26.4 Å². The van der Waals surface area contributed by atoms with Gasteiger partial charge < -0.3 is 14.8 Å². The molecule has 30 heavy (non-hydrogen) atoms. The highest BCUT2D eigenvalue weighted by molar-refractivity contribution is 9.10. The fourth-order valence-electron chi connectivity index (χ4n) is 3.51. The second kappa shape index (κ2) is 9.70. The summed E-state index contributed by atoms with van der Waals surface area (Å²) in [5.41, 5.74) is 0.782. The first-order chi connectivity index (χ1) is 14.3. The van der Waals surface area contributed by atoms with Gasteiger partial charge in [0.2, 0.25) is 5.91 Å². The van der Waals surface area contributed by atoms with Crippen LogP contribution in [0.25, 0.3) is 0 Å². The largest absolute Gasteiger partial charge is 0.496 e. The molecular weight excluding hydrogens is 472 g/mol. The van der Waals surface area contributed by atoms with E-state index in [1.54, 1.807) is 24.3 Å². The van der Waals surface area contributed by atoms with Crippen LogP contribution in [0.1, 0.15) is 32.1 Å². The molecule has 0 spiro atoms. The molecule has 1 aliphatic carbocycles. The van der Waals surface area contributed by atoms with Gasteiger partial charge in [0.25, 0.3) is 10.0 Å². The molecule has 1 aliphatic rings. The van der Waals surface area contributed by atoms with E-state index in [4.69, 9.17) is 9.47 Å². The van der Waals surface area contributed by atoms with E-state index in [2.05, 4.69) is 26.0 Å². The quantitative estimate of drug-likeness (QED) is 0.574. The number of halogens is 1. The third kappa shape index (κ3) is 5.26. The lowest BCUT2D eigenvalue weighted by Crippen LogP contribution is -2.25. The molecule has 2 aromatic carbocycles. The van der Waals surface area contributed by atoms with Crippen molar-refractivity contribution in [3.05, 3.63) is 40.9 Å². The molecule has 0 heterocycles. The van der Waals surface area contributed by atoms with Gasteiger partial charge in [0.15, 0.2) is 0 Å². The Hall–Kier alpha value is -2.26. The summed E-state index contributed by atoms with van der Waals surface area (Å²) in [4.78, 5) is 12.5. The van der Waals surface area contributed by atoms with Crippen molar-refractivity contribution in [1.82, 2.24) is 0 Å². The number of carbonyl (C=O) groups is 1. The SMILES string of the molecule is COc1ccc(NS(=O)(=O)c2cc(NC(=O)C3CCCCC3)ccc2OC)cc1Br. The minimum Gasteiger partial charge on any atom is -0.496 e. The molecule has 1 saturated carbocycles. The lowest BCUT2D eigenvalue weighted by atomic mass is 9.88. The van der Waals surface area contributed by atoms with Crippen LogP contribution < -0.4 is 19.5 Å². The Balaban J connectivity index is 1.84. The third-order valence-corrected chi connectivity index (χ3v) is 7.12. The first kappa shape index (κ1) is 22.4. The Morgan fingerprint density at radius 1 is 0.967 bits per heavy atom. The number of benzene rings is 2. The van der Waals surface area contributed by atoms with Gasteiger partial charge in [-0.1, -0.05) is 19.3 Å². The molecule has 0 bridgehead atoms. The summed E-state index contributed by atoms with van der Waals surface area (Å²) in [5, 5.41) is 2.85. The van der Waals surface area contributed by atoms with Crippen molar-refractivity contribution in [1.29, 1.82) is 0 Å². The molecule has 162 valence electrons. The van der Waals surface area contributed by atoms with Gasteiger partial charge in [-0.15, -0.1) is 0 Å². The maximum absolute atomic E-state index is 13.0. The highest BCUT2D eigenvalue weighted by Gasteiger charge is 2.24. The van der Waals surface area contributed by atoms with Gasteiger partial charge in [0.1, 0.15) is 16.4 Å². The summed E-state index contributed by atoms with van der Waals surface area (Å²) in [6.45, 7) is 0. The van der Waals surface area contributed by atoms with Gasteiger partial charge in [-0.2, -0.15) is 0 Å². The number of amides is 1. The molecule has 3 rings (SSSR count).